The quantitative estimate of drug-likeness (QED) is 0.649. The van der Waals surface area contributed by atoms with Crippen molar-refractivity contribution in [2.45, 2.75) is 0 Å². The van der Waals surface area contributed by atoms with E-state index >= 15 is 0 Å². The molecule has 0 aliphatic rings. The van der Waals surface area contributed by atoms with Crippen LogP contribution < -0.4 is 61.2 Å². The molecular formula is C12H9KNaO2. The molecule has 1 radical (unpaired) electrons. The molecule has 0 fully saturated rings. The van der Waals surface area contributed by atoms with Crippen LogP contribution in [0.15, 0.2) is 54.6 Å². The van der Waals surface area contributed by atoms with E-state index in [9.17, 15) is 5.11 Å². The van der Waals surface area contributed by atoms with Crippen molar-refractivity contribution in [1.82, 2.24) is 0 Å². The third-order valence-corrected chi connectivity index (χ3v) is 1.82. The van der Waals surface area contributed by atoms with Gasteiger partial charge in [-0.15, -0.1) is 0 Å². The van der Waals surface area contributed by atoms with E-state index in [2.05, 4.69) is 0 Å². The maximum Gasteiger partial charge on any atom is 1.00 e. The first-order chi connectivity index (χ1) is 6.86. The number of hydrogen-bond acceptors (Lipinski definition) is 2. The van der Waals surface area contributed by atoms with Gasteiger partial charge in [0.15, 0.2) is 0 Å². The maximum absolute atomic E-state index is 11.3. The van der Waals surface area contributed by atoms with Gasteiger partial charge >= 0.3 is 51.4 Å². The molecule has 2 rings (SSSR count). The third kappa shape index (κ3) is 4.90. The minimum absolute atomic E-state index is 0. The predicted molar refractivity (Wildman–Crippen MR) is 58.2 cm³/mol. The van der Waals surface area contributed by atoms with Crippen LogP contribution >= 0.6 is 0 Å². The normalized spacial score (nSPS) is 8.50. The van der Waals surface area contributed by atoms with Crippen molar-refractivity contribution in [3.05, 3.63) is 54.6 Å². The standard InChI is InChI=1S/C12H10O2.K.Na/c13-11-8-4-5-9-12(11)14-10-6-2-1-3-7-10;;/h1-9,13H;;/q;+1;/p-1. The van der Waals surface area contributed by atoms with Crippen molar-refractivity contribution in [3.63, 3.8) is 0 Å². The first kappa shape index (κ1) is 16.7. The van der Waals surface area contributed by atoms with Crippen molar-refractivity contribution >= 4 is 29.6 Å². The molecule has 16 heavy (non-hydrogen) atoms. The molecule has 0 bridgehead atoms. The first-order valence-corrected chi connectivity index (χ1v) is 4.35. The van der Waals surface area contributed by atoms with Gasteiger partial charge < -0.3 is 9.84 Å². The topological polar surface area (TPSA) is 32.3 Å². The zero-order valence-corrected chi connectivity index (χ0v) is 14.6. The summed E-state index contributed by atoms with van der Waals surface area (Å²) in [6, 6.07) is 15.9. The van der Waals surface area contributed by atoms with Crippen LogP contribution in [0.2, 0.25) is 0 Å². The van der Waals surface area contributed by atoms with E-state index in [0.29, 0.717) is 11.5 Å². The summed E-state index contributed by atoms with van der Waals surface area (Å²) in [7, 11) is 0. The molecule has 2 nitrogen and oxygen atoms in total. The van der Waals surface area contributed by atoms with E-state index in [0.717, 1.165) is 0 Å². The van der Waals surface area contributed by atoms with Gasteiger partial charge in [0, 0.05) is 29.6 Å². The average Bonchev–Trinajstić information content (AvgIpc) is 2.23. The summed E-state index contributed by atoms with van der Waals surface area (Å²) < 4.78 is 5.40. The van der Waals surface area contributed by atoms with Gasteiger partial charge in [-0.2, -0.15) is 0 Å². The summed E-state index contributed by atoms with van der Waals surface area (Å²) in [6.07, 6.45) is 0. The SMILES string of the molecule is [K+].[Na].[O-]c1ccccc1Oc1ccccc1. The Morgan fingerprint density at radius 1 is 0.812 bits per heavy atom. The molecule has 2 aromatic rings. The number of benzene rings is 2. The van der Waals surface area contributed by atoms with Gasteiger partial charge in [0.2, 0.25) is 0 Å². The van der Waals surface area contributed by atoms with E-state index in [-0.39, 0.29) is 86.7 Å². The van der Waals surface area contributed by atoms with Gasteiger partial charge in [0.05, 0.1) is 0 Å². The van der Waals surface area contributed by atoms with E-state index in [1.807, 2.05) is 30.3 Å². The van der Waals surface area contributed by atoms with E-state index in [1.54, 1.807) is 18.2 Å². The summed E-state index contributed by atoms with van der Waals surface area (Å²) in [4.78, 5) is 0. The fourth-order valence-electron chi connectivity index (χ4n) is 1.15. The van der Waals surface area contributed by atoms with Crippen molar-refractivity contribution in [2.24, 2.45) is 0 Å². The van der Waals surface area contributed by atoms with Crippen molar-refractivity contribution < 1.29 is 61.2 Å². The van der Waals surface area contributed by atoms with Crippen LogP contribution in [0.25, 0.3) is 0 Å². The zero-order valence-electron chi connectivity index (χ0n) is 9.51. The van der Waals surface area contributed by atoms with Crippen LogP contribution in [0, 0.1) is 0 Å². The fourth-order valence-corrected chi connectivity index (χ4v) is 1.15. The molecule has 0 saturated carbocycles. The van der Waals surface area contributed by atoms with Gasteiger partial charge in [-0.25, -0.2) is 0 Å². The zero-order chi connectivity index (χ0) is 9.80. The van der Waals surface area contributed by atoms with E-state index < -0.39 is 0 Å². The summed E-state index contributed by atoms with van der Waals surface area (Å²) >= 11 is 0. The Balaban J connectivity index is 0.00000112. The number of rotatable bonds is 2. The van der Waals surface area contributed by atoms with Gasteiger partial charge in [0.1, 0.15) is 11.5 Å². The first-order valence-electron chi connectivity index (χ1n) is 4.35. The second-order valence-corrected chi connectivity index (χ2v) is 2.86. The summed E-state index contributed by atoms with van der Waals surface area (Å²) in [5.74, 6) is 0.936. The molecule has 0 aliphatic carbocycles. The Kier molecular flexibility index (Phi) is 9.09. The Labute approximate surface area is 160 Å². The third-order valence-electron chi connectivity index (χ3n) is 1.82. The minimum atomic E-state index is -0.101. The molecule has 0 saturated heterocycles. The van der Waals surface area contributed by atoms with Crippen LogP contribution in [0.4, 0.5) is 0 Å². The van der Waals surface area contributed by atoms with Crippen LogP contribution in [0.5, 0.6) is 17.2 Å². The fraction of sp³-hybridized carbons (Fsp3) is 0. The number of ether oxygens (including phenoxy) is 1. The molecule has 71 valence electrons. The molecule has 0 unspecified atom stereocenters. The van der Waals surface area contributed by atoms with Gasteiger partial charge in [0.25, 0.3) is 0 Å². The Morgan fingerprint density at radius 3 is 2.00 bits per heavy atom. The smallest absolute Gasteiger partial charge is 0.870 e. The van der Waals surface area contributed by atoms with Crippen LogP contribution in [0.1, 0.15) is 0 Å². The molecule has 4 heteroatoms. The molecule has 0 atom stereocenters. The number of hydrogen-bond donors (Lipinski definition) is 0. The largest absolute Gasteiger partial charge is 1.00 e. The molecule has 0 spiro atoms. The molecule has 0 amide bonds. The van der Waals surface area contributed by atoms with Crippen molar-refractivity contribution in [2.75, 3.05) is 0 Å². The molecule has 0 aliphatic heterocycles. The average molecular weight is 247 g/mol. The van der Waals surface area contributed by atoms with Crippen LogP contribution in [-0.4, -0.2) is 29.6 Å². The second kappa shape index (κ2) is 8.72. The molecule has 0 N–H and O–H groups in total. The minimum Gasteiger partial charge on any atom is -0.870 e. The summed E-state index contributed by atoms with van der Waals surface area (Å²) in [5.41, 5.74) is 0. The maximum atomic E-state index is 11.3. The van der Waals surface area contributed by atoms with E-state index in [4.69, 9.17) is 4.74 Å². The Bertz CT molecular complexity index is 420. The number of para-hydroxylation sites is 3. The molecule has 0 aromatic heterocycles. The monoisotopic (exact) mass is 247 g/mol. The van der Waals surface area contributed by atoms with Crippen molar-refractivity contribution in [3.8, 4) is 17.2 Å². The van der Waals surface area contributed by atoms with Gasteiger partial charge in [-0.3, -0.25) is 0 Å². The van der Waals surface area contributed by atoms with Crippen LogP contribution in [-0.2, 0) is 0 Å². The Morgan fingerprint density at radius 2 is 1.38 bits per heavy atom. The molecule has 0 heterocycles. The Hall–Kier alpha value is 0.676. The summed E-state index contributed by atoms with van der Waals surface area (Å²) in [6.45, 7) is 0. The summed E-state index contributed by atoms with van der Waals surface area (Å²) in [5, 5.41) is 11.3. The second-order valence-electron chi connectivity index (χ2n) is 2.86. The predicted octanol–water partition coefficient (Wildman–Crippen LogP) is -0.824. The van der Waals surface area contributed by atoms with Gasteiger partial charge in [-0.05, 0) is 18.2 Å². The van der Waals surface area contributed by atoms with Crippen LogP contribution in [0.3, 0.4) is 0 Å². The molecule has 2 aromatic carbocycles. The van der Waals surface area contributed by atoms with Gasteiger partial charge in [-0.1, -0.05) is 42.1 Å². The van der Waals surface area contributed by atoms with E-state index in [1.165, 1.54) is 6.07 Å². The molecular weight excluding hydrogens is 238 g/mol. The van der Waals surface area contributed by atoms with Crippen molar-refractivity contribution in [1.29, 1.82) is 0 Å².